The average Bonchev–Trinajstić information content (AvgIpc) is 3.04. The van der Waals surface area contributed by atoms with Crippen molar-refractivity contribution in [1.29, 1.82) is 0 Å². The average molecular weight is 291 g/mol. The number of morpholine rings is 1. The van der Waals surface area contributed by atoms with Crippen LogP contribution >= 0.6 is 0 Å². The van der Waals surface area contributed by atoms with Gasteiger partial charge in [0.2, 0.25) is 11.8 Å². The zero-order valence-corrected chi connectivity index (χ0v) is 12.3. The number of carbonyl (C=O) groups excluding carboxylic acids is 1. The molecule has 0 aliphatic carbocycles. The van der Waals surface area contributed by atoms with Gasteiger partial charge in [-0.2, -0.15) is 0 Å². The normalized spacial score (nSPS) is 19.0. The molecule has 2 aromatic rings. The van der Waals surface area contributed by atoms with Crippen molar-refractivity contribution in [2.24, 2.45) is 0 Å². The van der Waals surface area contributed by atoms with Gasteiger partial charge < -0.3 is 18.5 Å². The van der Waals surface area contributed by atoms with Crippen LogP contribution in [0.15, 0.2) is 14.9 Å². The first kappa shape index (κ1) is 13.8. The number of carbonyl (C=O) groups is 1. The van der Waals surface area contributed by atoms with E-state index in [-0.39, 0.29) is 11.9 Å². The first-order valence-electron chi connectivity index (χ1n) is 6.82. The Labute approximate surface area is 121 Å². The number of amides is 1. The Hall–Kier alpha value is -2.15. The third-order valence-electron chi connectivity index (χ3n) is 3.49. The predicted octanol–water partition coefficient (Wildman–Crippen LogP) is 1.80. The standard InChI is InChI=1S/C14H17N3O4/c1-8-6-11(9(2)20-8)14(18)17-4-5-19-7-12(17)13-16-15-10(3)21-13/h6,12H,4-5,7H2,1-3H3/t12-/m1/s1. The third-order valence-corrected chi connectivity index (χ3v) is 3.49. The number of ether oxygens (including phenoxy) is 1. The molecule has 0 aromatic carbocycles. The fourth-order valence-electron chi connectivity index (χ4n) is 2.50. The lowest BCUT2D eigenvalue weighted by Crippen LogP contribution is -2.43. The summed E-state index contributed by atoms with van der Waals surface area (Å²) in [6.07, 6.45) is 0. The molecule has 0 unspecified atom stereocenters. The summed E-state index contributed by atoms with van der Waals surface area (Å²) in [6.45, 7) is 6.65. The van der Waals surface area contributed by atoms with E-state index in [0.717, 1.165) is 0 Å². The molecule has 0 N–H and O–H groups in total. The van der Waals surface area contributed by atoms with Crippen LogP contribution in [0.3, 0.4) is 0 Å². The van der Waals surface area contributed by atoms with Gasteiger partial charge in [-0.15, -0.1) is 10.2 Å². The Morgan fingerprint density at radius 2 is 2.10 bits per heavy atom. The van der Waals surface area contributed by atoms with Crippen LogP contribution in [0.25, 0.3) is 0 Å². The highest BCUT2D eigenvalue weighted by Gasteiger charge is 2.34. The Kier molecular flexibility index (Phi) is 3.50. The summed E-state index contributed by atoms with van der Waals surface area (Å²) in [4.78, 5) is 14.4. The number of aryl methyl sites for hydroxylation is 3. The second-order valence-electron chi connectivity index (χ2n) is 5.08. The minimum atomic E-state index is -0.359. The highest BCUT2D eigenvalue weighted by molar-refractivity contribution is 5.95. The molecule has 1 aliphatic rings. The van der Waals surface area contributed by atoms with Gasteiger partial charge in [-0.1, -0.05) is 0 Å². The van der Waals surface area contributed by atoms with E-state index in [1.54, 1.807) is 24.8 Å². The molecule has 1 fully saturated rings. The van der Waals surface area contributed by atoms with Gasteiger partial charge in [-0.25, -0.2) is 0 Å². The Morgan fingerprint density at radius 3 is 2.71 bits per heavy atom. The van der Waals surface area contributed by atoms with Crippen molar-refractivity contribution in [1.82, 2.24) is 15.1 Å². The zero-order valence-electron chi connectivity index (χ0n) is 12.3. The summed E-state index contributed by atoms with van der Waals surface area (Å²) in [5.74, 6) is 2.10. The lowest BCUT2D eigenvalue weighted by molar-refractivity contribution is -0.0107. The van der Waals surface area contributed by atoms with Crippen molar-refractivity contribution in [3.05, 3.63) is 34.9 Å². The molecule has 7 nitrogen and oxygen atoms in total. The molecular formula is C14H17N3O4. The van der Waals surface area contributed by atoms with E-state index < -0.39 is 0 Å². The molecule has 1 atom stereocenters. The zero-order chi connectivity index (χ0) is 15.0. The van der Waals surface area contributed by atoms with Crippen LogP contribution in [0.1, 0.15) is 39.7 Å². The molecule has 2 aromatic heterocycles. The maximum absolute atomic E-state index is 12.7. The van der Waals surface area contributed by atoms with E-state index in [4.69, 9.17) is 13.6 Å². The van der Waals surface area contributed by atoms with E-state index in [1.807, 2.05) is 6.92 Å². The maximum atomic E-state index is 12.7. The largest absolute Gasteiger partial charge is 0.466 e. The number of furan rings is 1. The Bertz CT molecular complexity index is 661. The predicted molar refractivity (Wildman–Crippen MR) is 71.8 cm³/mol. The summed E-state index contributed by atoms with van der Waals surface area (Å²) < 4.78 is 16.3. The van der Waals surface area contributed by atoms with Crippen molar-refractivity contribution >= 4 is 5.91 Å². The number of rotatable bonds is 2. The topological polar surface area (TPSA) is 81.6 Å². The van der Waals surface area contributed by atoms with Gasteiger partial charge >= 0.3 is 0 Å². The van der Waals surface area contributed by atoms with Gasteiger partial charge in [0.25, 0.3) is 5.91 Å². The van der Waals surface area contributed by atoms with Crippen LogP contribution in [0.2, 0.25) is 0 Å². The SMILES string of the molecule is Cc1cc(C(=O)N2CCOC[C@@H]2c2nnc(C)o2)c(C)o1. The fourth-order valence-corrected chi connectivity index (χ4v) is 2.50. The lowest BCUT2D eigenvalue weighted by atomic mass is 10.1. The molecule has 21 heavy (non-hydrogen) atoms. The molecule has 1 amide bonds. The molecule has 1 aliphatic heterocycles. The summed E-state index contributed by atoms with van der Waals surface area (Å²) in [6, 6.07) is 1.39. The van der Waals surface area contributed by atoms with E-state index in [0.29, 0.717) is 48.6 Å². The van der Waals surface area contributed by atoms with Crippen molar-refractivity contribution < 1.29 is 18.4 Å². The van der Waals surface area contributed by atoms with Crippen LogP contribution < -0.4 is 0 Å². The molecule has 0 radical (unpaired) electrons. The third kappa shape index (κ3) is 2.56. The molecule has 0 spiro atoms. The quantitative estimate of drug-likeness (QED) is 0.839. The van der Waals surface area contributed by atoms with Gasteiger partial charge in [-0.3, -0.25) is 4.79 Å². The Balaban J connectivity index is 1.90. The first-order valence-corrected chi connectivity index (χ1v) is 6.82. The van der Waals surface area contributed by atoms with Crippen molar-refractivity contribution in [2.75, 3.05) is 19.8 Å². The minimum Gasteiger partial charge on any atom is -0.466 e. The van der Waals surface area contributed by atoms with Crippen LogP contribution in [-0.2, 0) is 4.74 Å². The highest BCUT2D eigenvalue weighted by atomic mass is 16.5. The summed E-state index contributed by atoms with van der Waals surface area (Å²) >= 11 is 0. The molecule has 7 heteroatoms. The molecule has 3 heterocycles. The highest BCUT2D eigenvalue weighted by Crippen LogP contribution is 2.26. The van der Waals surface area contributed by atoms with Crippen molar-refractivity contribution in [3.8, 4) is 0 Å². The lowest BCUT2D eigenvalue weighted by Gasteiger charge is -2.33. The van der Waals surface area contributed by atoms with Crippen molar-refractivity contribution in [3.63, 3.8) is 0 Å². The molecule has 112 valence electrons. The molecule has 0 bridgehead atoms. The van der Waals surface area contributed by atoms with Gasteiger partial charge in [0.05, 0.1) is 18.8 Å². The van der Waals surface area contributed by atoms with Crippen molar-refractivity contribution in [2.45, 2.75) is 26.8 Å². The molecule has 0 saturated carbocycles. The fraction of sp³-hybridized carbons (Fsp3) is 0.500. The molecule has 3 rings (SSSR count). The summed E-state index contributed by atoms with van der Waals surface area (Å²) in [5.41, 5.74) is 0.565. The van der Waals surface area contributed by atoms with Gasteiger partial charge in [0.1, 0.15) is 17.6 Å². The molecular weight excluding hydrogens is 274 g/mol. The smallest absolute Gasteiger partial charge is 0.258 e. The summed E-state index contributed by atoms with van der Waals surface area (Å²) in [7, 11) is 0. The molecule has 1 saturated heterocycles. The number of nitrogens with zero attached hydrogens (tertiary/aromatic N) is 3. The monoisotopic (exact) mass is 291 g/mol. The van der Waals surface area contributed by atoms with Crippen LogP contribution in [0.4, 0.5) is 0 Å². The van der Waals surface area contributed by atoms with E-state index >= 15 is 0 Å². The van der Waals surface area contributed by atoms with Gasteiger partial charge in [-0.05, 0) is 19.9 Å². The van der Waals surface area contributed by atoms with Gasteiger partial charge in [0, 0.05) is 13.5 Å². The number of hydrogen-bond donors (Lipinski definition) is 0. The second-order valence-corrected chi connectivity index (χ2v) is 5.08. The van der Waals surface area contributed by atoms with Gasteiger partial charge in [0.15, 0.2) is 0 Å². The number of hydrogen-bond acceptors (Lipinski definition) is 6. The van der Waals surface area contributed by atoms with Crippen LogP contribution in [0, 0.1) is 20.8 Å². The second kappa shape index (κ2) is 5.33. The van der Waals surface area contributed by atoms with E-state index in [9.17, 15) is 4.79 Å². The van der Waals surface area contributed by atoms with E-state index in [2.05, 4.69) is 10.2 Å². The Morgan fingerprint density at radius 1 is 1.29 bits per heavy atom. The summed E-state index contributed by atoms with van der Waals surface area (Å²) in [5, 5.41) is 7.83. The first-order chi connectivity index (χ1) is 10.1. The van der Waals surface area contributed by atoms with Crippen LogP contribution in [0.5, 0.6) is 0 Å². The number of aromatic nitrogens is 2. The minimum absolute atomic E-state index is 0.103. The maximum Gasteiger partial charge on any atom is 0.258 e. The van der Waals surface area contributed by atoms with Crippen LogP contribution in [-0.4, -0.2) is 40.8 Å². The van der Waals surface area contributed by atoms with E-state index in [1.165, 1.54) is 0 Å².